The van der Waals surface area contributed by atoms with Crippen molar-refractivity contribution in [1.82, 2.24) is 34.7 Å². The first-order chi connectivity index (χ1) is 20.8. The Morgan fingerprint density at radius 3 is 2.65 bits per heavy atom. The molecule has 1 aliphatic heterocycles. The second-order valence-electron chi connectivity index (χ2n) is 11.8. The summed E-state index contributed by atoms with van der Waals surface area (Å²) in [5, 5.41) is 11.2. The maximum atomic E-state index is 13.2. The fraction of sp³-hybridized carbons (Fsp3) is 0.452. The number of likely N-dealkylation sites (N-methyl/N-ethyl adjacent to an activating group) is 2. The van der Waals surface area contributed by atoms with E-state index in [1.54, 1.807) is 47.2 Å². The predicted octanol–water partition coefficient (Wildman–Crippen LogP) is 3.90. The van der Waals surface area contributed by atoms with Gasteiger partial charge in [-0.3, -0.25) is 14.5 Å². The van der Waals surface area contributed by atoms with Crippen molar-refractivity contribution in [1.29, 1.82) is 0 Å². The Hall–Kier alpha value is -4.03. The number of hydrogen-bond acceptors (Lipinski definition) is 9. The van der Waals surface area contributed by atoms with Crippen LogP contribution in [0.1, 0.15) is 57.4 Å². The second kappa shape index (κ2) is 12.3. The highest BCUT2D eigenvalue weighted by Gasteiger charge is 2.27. The molecule has 5 heterocycles. The van der Waals surface area contributed by atoms with Crippen LogP contribution in [0.5, 0.6) is 0 Å². The molecule has 0 saturated carbocycles. The van der Waals surface area contributed by atoms with Crippen LogP contribution in [0.3, 0.4) is 0 Å². The lowest BCUT2D eigenvalue weighted by atomic mass is 9.99. The van der Waals surface area contributed by atoms with Gasteiger partial charge >= 0.3 is 0 Å². The highest BCUT2D eigenvalue weighted by atomic mass is 32.1. The number of hydrogen-bond donors (Lipinski definition) is 2. The zero-order valence-corrected chi connectivity index (χ0v) is 26.0. The minimum absolute atomic E-state index is 0.00457. The molecule has 0 spiro atoms. The van der Waals surface area contributed by atoms with Gasteiger partial charge in [-0.2, -0.15) is 9.61 Å². The van der Waals surface area contributed by atoms with Crippen molar-refractivity contribution >= 4 is 46.3 Å². The second-order valence-corrected chi connectivity index (χ2v) is 13.0. The van der Waals surface area contributed by atoms with Crippen molar-refractivity contribution in [3.05, 3.63) is 63.6 Å². The van der Waals surface area contributed by atoms with E-state index in [4.69, 9.17) is 4.98 Å². The van der Waals surface area contributed by atoms with E-state index in [1.165, 1.54) is 23.3 Å². The molecule has 0 bridgehead atoms. The molecule has 6 rings (SSSR count). The van der Waals surface area contributed by atoms with Crippen molar-refractivity contribution in [2.45, 2.75) is 50.6 Å². The van der Waals surface area contributed by atoms with Crippen molar-refractivity contribution in [2.75, 3.05) is 51.5 Å². The Morgan fingerprint density at radius 1 is 1.07 bits per heavy atom. The average molecular weight is 602 g/mol. The number of thiophene rings is 1. The largest absolute Gasteiger partial charge is 0.354 e. The summed E-state index contributed by atoms with van der Waals surface area (Å²) < 4.78 is 1.75. The number of piperidine rings is 1. The summed E-state index contributed by atoms with van der Waals surface area (Å²) in [5.74, 6) is 2.21. The third-order valence-electron chi connectivity index (χ3n) is 8.20. The predicted molar refractivity (Wildman–Crippen MR) is 169 cm³/mol. The van der Waals surface area contributed by atoms with Gasteiger partial charge in [0, 0.05) is 56.4 Å². The molecule has 0 unspecified atom stereocenters. The summed E-state index contributed by atoms with van der Waals surface area (Å²) >= 11 is 1.66. The maximum Gasteiger partial charge on any atom is 0.261 e. The third kappa shape index (κ3) is 6.21. The number of carbonyl (C=O) groups is 2. The lowest BCUT2D eigenvalue weighted by Crippen LogP contribution is -2.48. The molecule has 2 N–H and O–H groups in total. The molecule has 1 saturated heterocycles. The number of rotatable bonds is 8. The van der Waals surface area contributed by atoms with E-state index in [2.05, 4.69) is 31.7 Å². The number of amides is 2. The van der Waals surface area contributed by atoms with Gasteiger partial charge in [0.1, 0.15) is 23.5 Å². The highest BCUT2D eigenvalue weighted by Crippen LogP contribution is 2.30. The van der Waals surface area contributed by atoms with Gasteiger partial charge in [-0.1, -0.05) is 6.07 Å². The topological polar surface area (TPSA) is 111 Å². The molecule has 4 aromatic heterocycles. The van der Waals surface area contributed by atoms with E-state index in [0.717, 1.165) is 60.0 Å². The van der Waals surface area contributed by atoms with Crippen LogP contribution in [0.15, 0.2) is 42.7 Å². The minimum Gasteiger partial charge on any atom is -0.354 e. The molecule has 2 atom stereocenters. The zero-order chi connectivity index (χ0) is 30.1. The fourth-order valence-corrected chi connectivity index (χ4v) is 7.15. The van der Waals surface area contributed by atoms with E-state index in [0.29, 0.717) is 12.4 Å². The van der Waals surface area contributed by atoms with Crippen LogP contribution in [0.25, 0.3) is 5.65 Å². The number of nitrogens with one attached hydrogen (secondary N) is 2. The van der Waals surface area contributed by atoms with Crippen LogP contribution in [-0.2, 0) is 17.6 Å². The first-order valence-electron chi connectivity index (χ1n) is 14.9. The Kier molecular flexibility index (Phi) is 8.31. The van der Waals surface area contributed by atoms with Crippen molar-refractivity contribution < 1.29 is 9.59 Å². The molecule has 1 fully saturated rings. The lowest BCUT2D eigenvalue weighted by Gasteiger charge is -2.34. The summed E-state index contributed by atoms with van der Waals surface area (Å²) in [4.78, 5) is 43.3. The van der Waals surface area contributed by atoms with Crippen LogP contribution in [0.4, 0.5) is 17.5 Å². The van der Waals surface area contributed by atoms with E-state index < -0.39 is 6.04 Å². The standard InChI is InChI=1S/C31H39N9O2S/c1-37(2)29(31(42)38(3)4)21-11-12-25(32-18-21)35-28-17-27(36-26-13-14-33-40(26)28)39-15-7-9-22(19-39)34-30(41)24-16-20-8-5-6-10-23(20)43-24/h11-14,16-18,22,29H,5-10,15,19H2,1-4H3,(H,32,35)(H,34,41)/t22-,29-/m0/s1. The van der Waals surface area contributed by atoms with E-state index >= 15 is 0 Å². The first-order valence-corrected chi connectivity index (χ1v) is 15.7. The maximum absolute atomic E-state index is 13.2. The van der Waals surface area contributed by atoms with Gasteiger partial charge in [0.2, 0.25) is 5.91 Å². The van der Waals surface area contributed by atoms with Crippen molar-refractivity contribution in [2.24, 2.45) is 0 Å². The van der Waals surface area contributed by atoms with Crippen molar-refractivity contribution in [3.8, 4) is 0 Å². The molecular formula is C31H39N9O2S. The summed E-state index contributed by atoms with van der Waals surface area (Å²) in [6.45, 7) is 1.54. The molecular weight excluding hydrogens is 562 g/mol. The molecule has 11 nitrogen and oxygen atoms in total. The molecule has 2 aliphatic rings. The molecule has 0 radical (unpaired) electrons. The normalized spacial score (nSPS) is 17.5. The van der Waals surface area contributed by atoms with Gasteiger partial charge in [-0.25, -0.2) is 9.97 Å². The number of carbonyl (C=O) groups excluding carboxylic acids is 2. The number of fused-ring (bicyclic) bond motifs is 2. The van der Waals surface area contributed by atoms with Crippen LogP contribution in [-0.4, -0.2) is 88.5 Å². The molecule has 4 aromatic rings. The first kappa shape index (κ1) is 29.1. The monoisotopic (exact) mass is 601 g/mol. The number of pyridine rings is 1. The summed E-state index contributed by atoms with van der Waals surface area (Å²) in [6.07, 6.45) is 9.96. The summed E-state index contributed by atoms with van der Waals surface area (Å²) in [6, 6.07) is 9.38. The molecule has 2 amide bonds. The number of nitrogens with zero attached hydrogens (tertiary/aromatic N) is 7. The van der Waals surface area contributed by atoms with Gasteiger partial charge < -0.3 is 20.4 Å². The number of anilines is 3. The van der Waals surface area contributed by atoms with Gasteiger partial charge in [-0.15, -0.1) is 11.3 Å². The third-order valence-corrected chi connectivity index (χ3v) is 9.43. The minimum atomic E-state index is -0.417. The Bertz CT molecular complexity index is 1590. The molecule has 1 aliphatic carbocycles. The number of aromatic nitrogens is 4. The summed E-state index contributed by atoms with van der Waals surface area (Å²) in [5.41, 5.74) is 2.89. The molecule has 12 heteroatoms. The highest BCUT2D eigenvalue weighted by molar-refractivity contribution is 7.14. The van der Waals surface area contributed by atoms with Gasteiger partial charge in [0.05, 0.1) is 11.1 Å². The Balaban J connectivity index is 1.18. The number of aryl methyl sites for hydroxylation is 2. The van der Waals surface area contributed by atoms with Crippen LogP contribution in [0.2, 0.25) is 0 Å². The van der Waals surface area contributed by atoms with Crippen molar-refractivity contribution in [3.63, 3.8) is 0 Å². The van der Waals surface area contributed by atoms with Crippen LogP contribution >= 0.6 is 11.3 Å². The van der Waals surface area contributed by atoms with E-state index in [1.807, 2.05) is 43.3 Å². The molecule has 0 aromatic carbocycles. The van der Waals surface area contributed by atoms with E-state index in [-0.39, 0.29) is 17.9 Å². The zero-order valence-electron chi connectivity index (χ0n) is 25.2. The Labute approximate surface area is 255 Å². The quantitative estimate of drug-likeness (QED) is 0.313. The van der Waals surface area contributed by atoms with Gasteiger partial charge in [0.25, 0.3) is 5.91 Å². The smallest absolute Gasteiger partial charge is 0.261 e. The van der Waals surface area contributed by atoms with Gasteiger partial charge in [0.15, 0.2) is 5.65 Å². The van der Waals surface area contributed by atoms with Crippen LogP contribution < -0.4 is 15.5 Å². The molecule has 43 heavy (non-hydrogen) atoms. The fourth-order valence-electron chi connectivity index (χ4n) is 5.99. The summed E-state index contributed by atoms with van der Waals surface area (Å²) in [7, 11) is 7.28. The molecule has 226 valence electrons. The average Bonchev–Trinajstić information content (AvgIpc) is 3.66. The van der Waals surface area contributed by atoms with E-state index in [9.17, 15) is 9.59 Å². The SMILES string of the molecule is CN(C)C(=O)[C@H](c1ccc(Nc2cc(N3CCC[C@H](NC(=O)c4cc5c(s4)CCCC5)C3)nc3ccnn23)nc1)N(C)C. The lowest BCUT2D eigenvalue weighted by molar-refractivity contribution is -0.133. The van der Waals surface area contributed by atoms with Crippen LogP contribution in [0, 0.1) is 0 Å². The van der Waals surface area contributed by atoms with Gasteiger partial charge in [-0.05, 0) is 75.9 Å². The Morgan fingerprint density at radius 2 is 1.91 bits per heavy atom.